The maximum atomic E-state index is 5.49. The second-order valence-corrected chi connectivity index (χ2v) is 4.48. The summed E-state index contributed by atoms with van der Waals surface area (Å²) in [6, 6.07) is 0. The predicted molar refractivity (Wildman–Crippen MR) is 68.6 cm³/mol. The Morgan fingerprint density at radius 1 is 1.06 bits per heavy atom. The lowest BCUT2D eigenvalue weighted by atomic mass is 10.1. The summed E-state index contributed by atoms with van der Waals surface area (Å²) >= 11 is 0. The van der Waals surface area contributed by atoms with Crippen LogP contribution in [0.1, 0.15) is 57.7 Å². The van der Waals surface area contributed by atoms with Crippen molar-refractivity contribution < 1.29 is 0 Å². The first-order chi connectivity index (χ1) is 8.38. The van der Waals surface area contributed by atoms with Gasteiger partial charge >= 0.3 is 0 Å². The van der Waals surface area contributed by atoms with E-state index >= 15 is 0 Å². The molecule has 0 aliphatic rings. The van der Waals surface area contributed by atoms with Crippen LogP contribution < -0.4 is 5.73 Å². The summed E-state index contributed by atoms with van der Waals surface area (Å²) in [6.45, 7) is 3.88. The van der Waals surface area contributed by atoms with Gasteiger partial charge in [0.05, 0.1) is 0 Å². The van der Waals surface area contributed by atoms with E-state index in [-0.39, 0.29) is 0 Å². The lowest BCUT2D eigenvalue weighted by molar-refractivity contribution is 0.500. The van der Waals surface area contributed by atoms with Crippen LogP contribution in [0, 0.1) is 0 Å². The minimum absolute atomic E-state index is 0.698. The highest BCUT2D eigenvalue weighted by Gasteiger charge is 2.04. The molecule has 0 fully saturated rings. The van der Waals surface area contributed by atoms with E-state index in [1.807, 2.05) is 4.68 Å². The van der Waals surface area contributed by atoms with E-state index in [9.17, 15) is 0 Å². The van der Waals surface area contributed by atoms with Crippen LogP contribution in [0.25, 0.3) is 0 Å². The summed E-state index contributed by atoms with van der Waals surface area (Å²) in [6.07, 6.45) is 9.62. The zero-order chi connectivity index (χ0) is 12.3. The molecule has 5 heteroatoms. The maximum Gasteiger partial charge on any atom is 0.151 e. The molecular weight excluding hydrogens is 214 g/mol. The molecule has 2 N–H and O–H groups in total. The Hall–Kier alpha value is -0.970. The molecule has 0 aliphatic heterocycles. The number of hydrogen-bond acceptors (Lipinski definition) is 4. The molecule has 0 spiro atoms. The van der Waals surface area contributed by atoms with Crippen molar-refractivity contribution in [2.45, 2.75) is 64.8 Å². The van der Waals surface area contributed by atoms with E-state index in [1.54, 1.807) is 0 Å². The smallest absolute Gasteiger partial charge is 0.151 e. The lowest BCUT2D eigenvalue weighted by Crippen LogP contribution is -2.08. The number of nitrogens with two attached hydrogens (primary N) is 1. The van der Waals surface area contributed by atoms with Crippen LogP contribution in [-0.4, -0.2) is 26.8 Å². The Bertz CT molecular complexity index is 284. The molecule has 17 heavy (non-hydrogen) atoms. The third-order valence-corrected chi connectivity index (χ3v) is 2.93. The van der Waals surface area contributed by atoms with E-state index in [0.717, 1.165) is 25.2 Å². The fraction of sp³-hybridized carbons (Fsp3) is 0.917. The molecule has 0 saturated heterocycles. The number of tetrazole rings is 1. The lowest BCUT2D eigenvalue weighted by Gasteiger charge is -2.04. The monoisotopic (exact) mass is 239 g/mol. The number of hydrogen-bond donors (Lipinski definition) is 1. The van der Waals surface area contributed by atoms with Crippen LogP contribution in [0.15, 0.2) is 0 Å². The summed E-state index contributed by atoms with van der Waals surface area (Å²) in [5.41, 5.74) is 5.49. The molecule has 0 aromatic carbocycles. The number of aromatic nitrogens is 4. The molecule has 0 atom stereocenters. The Kier molecular flexibility index (Phi) is 7.54. The first kappa shape index (κ1) is 14.1. The van der Waals surface area contributed by atoms with Crippen molar-refractivity contribution in [2.24, 2.45) is 5.73 Å². The van der Waals surface area contributed by atoms with Gasteiger partial charge in [-0.25, -0.2) is 4.68 Å². The Balaban J connectivity index is 2.15. The molecule has 0 bridgehead atoms. The zero-order valence-electron chi connectivity index (χ0n) is 10.9. The summed E-state index contributed by atoms with van der Waals surface area (Å²) in [5.74, 6) is 0.976. The van der Waals surface area contributed by atoms with Crippen molar-refractivity contribution in [3.05, 3.63) is 5.82 Å². The summed E-state index contributed by atoms with van der Waals surface area (Å²) in [4.78, 5) is 0. The molecule has 1 rings (SSSR count). The van der Waals surface area contributed by atoms with Gasteiger partial charge in [0.25, 0.3) is 0 Å². The molecule has 1 aromatic rings. The van der Waals surface area contributed by atoms with Gasteiger partial charge in [0.15, 0.2) is 5.82 Å². The van der Waals surface area contributed by atoms with Crippen molar-refractivity contribution in [1.82, 2.24) is 20.2 Å². The van der Waals surface area contributed by atoms with Crippen molar-refractivity contribution in [1.29, 1.82) is 0 Å². The van der Waals surface area contributed by atoms with Crippen LogP contribution in [0.3, 0.4) is 0 Å². The molecule has 1 heterocycles. The molecule has 0 unspecified atom stereocenters. The number of aryl methyl sites for hydroxylation is 2. The van der Waals surface area contributed by atoms with Gasteiger partial charge in [0.1, 0.15) is 0 Å². The van der Waals surface area contributed by atoms with Crippen LogP contribution in [0.5, 0.6) is 0 Å². The first-order valence-electron chi connectivity index (χ1n) is 6.83. The molecule has 5 nitrogen and oxygen atoms in total. The van der Waals surface area contributed by atoms with Gasteiger partial charge in [0.2, 0.25) is 0 Å². The van der Waals surface area contributed by atoms with Gasteiger partial charge in [-0.2, -0.15) is 0 Å². The first-order valence-corrected chi connectivity index (χ1v) is 6.83. The fourth-order valence-electron chi connectivity index (χ4n) is 1.88. The molecule has 0 radical (unpaired) electrons. The quantitative estimate of drug-likeness (QED) is 0.633. The zero-order valence-corrected chi connectivity index (χ0v) is 10.9. The SMILES string of the molecule is CCCCCCCCn1nnnc1CCCN. The van der Waals surface area contributed by atoms with E-state index in [2.05, 4.69) is 22.4 Å². The van der Waals surface area contributed by atoms with Gasteiger partial charge < -0.3 is 5.73 Å². The van der Waals surface area contributed by atoms with Crippen LogP contribution in [0.4, 0.5) is 0 Å². The maximum absolute atomic E-state index is 5.49. The third kappa shape index (κ3) is 5.77. The standard InChI is InChI=1S/C12H25N5/c1-2-3-4-5-6-7-11-17-12(9-8-10-13)14-15-16-17/h2-11,13H2,1H3. The van der Waals surface area contributed by atoms with E-state index < -0.39 is 0 Å². The molecule has 0 amide bonds. The second-order valence-electron chi connectivity index (χ2n) is 4.48. The largest absolute Gasteiger partial charge is 0.330 e. The Labute approximate surface area is 104 Å². The highest BCUT2D eigenvalue weighted by Crippen LogP contribution is 2.06. The van der Waals surface area contributed by atoms with E-state index in [0.29, 0.717) is 6.54 Å². The minimum Gasteiger partial charge on any atom is -0.330 e. The molecular formula is C12H25N5. The Morgan fingerprint density at radius 2 is 1.82 bits per heavy atom. The average molecular weight is 239 g/mol. The molecule has 98 valence electrons. The van der Waals surface area contributed by atoms with Crippen molar-refractivity contribution in [3.8, 4) is 0 Å². The number of rotatable bonds is 10. The highest BCUT2D eigenvalue weighted by molar-refractivity contribution is 4.80. The van der Waals surface area contributed by atoms with E-state index in [4.69, 9.17) is 5.73 Å². The molecule has 0 saturated carbocycles. The van der Waals surface area contributed by atoms with Crippen molar-refractivity contribution in [2.75, 3.05) is 6.54 Å². The Morgan fingerprint density at radius 3 is 2.59 bits per heavy atom. The average Bonchev–Trinajstić information content (AvgIpc) is 2.78. The molecule has 1 aromatic heterocycles. The summed E-state index contributed by atoms with van der Waals surface area (Å²) in [7, 11) is 0. The molecule has 0 aliphatic carbocycles. The van der Waals surface area contributed by atoms with Gasteiger partial charge in [-0.15, -0.1) is 5.10 Å². The fourth-order valence-corrected chi connectivity index (χ4v) is 1.88. The van der Waals surface area contributed by atoms with Crippen molar-refractivity contribution >= 4 is 0 Å². The topological polar surface area (TPSA) is 69.6 Å². The second kappa shape index (κ2) is 9.10. The van der Waals surface area contributed by atoms with E-state index in [1.165, 1.54) is 38.5 Å². The highest BCUT2D eigenvalue weighted by atomic mass is 15.5. The summed E-state index contributed by atoms with van der Waals surface area (Å²) in [5, 5.41) is 11.8. The predicted octanol–water partition coefficient (Wildman–Crippen LogP) is 1.92. The third-order valence-electron chi connectivity index (χ3n) is 2.93. The minimum atomic E-state index is 0.698. The van der Waals surface area contributed by atoms with Gasteiger partial charge in [-0.3, -0.25) is 0 Å². The van der Waals surface area contributed by atoms with Gasteiger partial charge in [-0.1, -0.05) is 39.0 Å². The van der Waals surface area contributed by atoms with Crippen molar-refractivity contribution in [3.63, 3.8) is 0 Å². The van der Waals surface area contributed by atoms with Crippen LogP contribution >= 0.6 is 0 Å². The number of nitrogens with zero attached hydrogens (tertiary/aromatic N) is 4. The van der Waals surface area contributed by atoms with Crippen LogP contribution in [0.2, 0.25) is 0 Å². The van der Waals surface area contributed by atoms with Crippen LogP contribution in [-0.2, 0) is 13.0 Å². The normalized spacial score (nSPS) is 10.9. The number of unbranched alkanes of at least 4 members (excludes halogenated alkanes) is 5. The summed E-state index contributed by atoms with van der Waals surface area (Å²) < 4.78 is 1.93. The van der Waals surface area contributed by atoms with Gasteiger partial charge in [-0.05, 0) is 29.8 Å². The van der Waals surface area contributed by atoms with Gasteiger partial charge in [0, 0.05) is 13.0 Å².